The second-order valence-electron chi connectivity index (χ2n) is 5.61. The fourth-order valence-corrected chi connectivity index (χ4v) is 2.14. The van der Waals surface area contributed by atoms with Gasteiger partial charge >= 0.3 is 0 Å². The Morgan fingerprint density at radius 3 is 2.41 bits per heavy atom. The maximum atomic E-state index is 3.41. The molecule has 0 bridgehead atoms. The van der Waals surface area contributed by atoms with Gasteiger partial charge < -0.3 is 5.32 Å². The molecule has 0 heterocycles. The summed E-state index contributed by atoms with van der Waals surface area (Å²) in [5.74, 6) is 0. The Balaban J connectivity index is 2.20. The molecular weight excluding hydrogens is 206 g/mol. The van der Waals surface area contributed by atoms with Gasteiger partial charge in [-0.15, -0.1) is 0 Å². The van der Waals surface area contributed by atoms with Crippen molar-refractivity contribution in [2.24, 2.45) is 5.41 Å². The molecule has 1 rings (SSSR count). The molecule has 0 saturated carbocycles. The van der Waals surface area contributed by atoms with Gasteiger partial charge in [-0.3, -0.25) is 0 Å². The SMILES string of the molecule is CCNCCC(C)(C)CCCc1ccccc1. The van der Waals surface area contributed by atoms with E-state index in [0.717, 1.165) is 13.1 Å². The van der Waals surface area contributed by atoms with Gasteiger partial charge in [-0.1, -0.05) is 51.1 Å². The molecule has 17 heavy (non-hydrogen) atoms. The average molecular weight is 233 g/mol. The summed E-state index contributed by atoms with van der Waals surface area (Å²) in [6.07, 6.45) is 5.09. The van der Waals surface area contributed by atoms with Crippen molar-refractivity contribution in [3.05, 3.63) is 35.9 Å². The lowest BCUT2D eigenvalue weighted by Crippen LogP contribution is -2.22. The molecule has 0 amide bonds. The lowest BCUT2D eigenvalue weighted by Gasteiger charge is -2.24. The Bertz CT molecular complexity index is 290. The predicted molar refractivity (Wildman–Crippen MR) is 76.3 cm³/mol. The van der Waals surface area contributed by atoms with Crippen LogP contribution in [-0.4, -0.2) is 13.1 Å². The van der Waals surface area contributed by atoms with Crippen LogP contribution in [0.2, 0.25) is 0 Å². The van der Waals surface area contributed by atoms with Gasteiger partial charge in [-0.05, 0) is 49.8 Å². The zero-order chi connectivity index (χ0) is 12.6. The van der Waals surface area contributed by atoms with E-state index in [4.69, 9.17) is 0 Å². The highest BCUT2D eigenvalue weighted by molar-refractivity contribution is 5.14. The fraction of sp³-hybridized carbons (Fsp3) is 0.625. The molecule has 0 radical (unpaired) electrons. The third-order valence-electron chi connectivity index (χ3n) is 3.39. The van der Waals surface area contributed by atoms with Gasteiger partial charge in [0.15, 0.2) is 0 Å². The zero-order valence-corrected chi connectivity index (χ0v) is 11.6. The summed E-state index contributed by atoms with van der Waals surface area (Å²) in [5.41, 5.74) is 1.94. The molecule has 0 saturated heterocycles. The van der Waals surface area contributed by atoms with Gasteiger partial charge in [-0.2, -0.15) is 0 Å². The molecule has 0 aliphatic carbocycles. The fourth-order valence-electron chi connectivity index (χ4n) is 2.14. The largest absolute Gasteiger partial charge is 0.317 e. The number of rotatable bonds is 8. The molecule has 1 aromatic rings. The van der Waals surface area contributed by atoms with E-state index in [1.54, 1.807) is 0 Å². The summed E-state index contributed by atoms with van der Waals surface area (Å²) in [6, 6.07) is 10.8. The van der Waals surface area contributed by atoms with Crippen LogP contribution in [0, 0.1) is 5.41 Å². The second kappa shape index (κ2) is 7.50. The van der Waals surface area contributed by atoms with Gasteiger partial charge in [0.1, 0.15) is 0 Å². The molecule has 0 fully saturated rings. The summed E-state index contributed by atoms with van der Waals surface area (Å²) < 4.78 is 0. The smallest absolute Gasteiger partial charge is 0.00439 e. The van der Waals surface area contributed by atoms with E-state index >= 15 is 0 Å². The maximum absolute atomic E-state index is 3.41. The van der Waals surface area contributed by atoms with Crippen molar-refractivity contribution in [1.82, 2.24) is 5.32 Å². The number of benzene rings is 1. The highest BCUT2D eigenvalue weighted by atomic mass is 14.8. The van der Waals surface area contributed by atoms with Gasteiger partial charge in [0, 0.05) is 0 Å². The Hall–Kier alpha value is -0.820. The summed E-state index contributed by atoms with van der Waals surface area (Å²) in [6.45, 7) is 9.17. The van der Waals surface area contributed by atoms with E-state index in [0.29, 0.717) is 5.41 Å². The average Bonchev–Trinajstić information content (AvgIpc) is 2.30. The van der Waals surface area contributed by atoms with E-state index in [1.165, 1.54) is 31.2 Å². The van der Waals surface area contributed by atoms with Crippen molar-refractivity contribution in [3.8, 4) is 0 Å². The Labute approximate surface area is 107 Å². The quantitative estimate of drug-likeness (QED) is 0.668. The zero-order valence-electron chi connectivity index (χ0n) is 11.6. The minimum Gasteiger partial charge on any atom is -0.317 e. The number of hydrogen-bond acceptors (Lipinski definition) is 1. The third-order valence-corrected chi connectivity index (χ3v) is 3.39. The maximum Gasteiger partial charge on any atom is -0.00439 e. The lowest BCUT2D eigenvalue weighted by molar-refractivity contribution is 0.295. The van der Waals surface area contributed by atoms with Crippen LogP contribution < -0.4 is 5.32 Å². The van der Waals surface area contributed by atoms with Gasteiger partial charge in [0.05, 0.1) is 0 Å². The van der Waals surface area contributed by atoms with E-state index in [9.17, 15) is 0 Å². The van der Waals surface area contributed by atoms with E-state index in [2.05, 4.69) is 56.4 Å². The summed E-state index contributed by atoms with van der Waals surface area (Å²) >= 11 is 0. The first-order valence-corrected chi connectivity index (χ1v) is 6.89. The van der Waals surface area contributed by atoms with Crippen molar-refractivity contribution in [2.75, 3.05) is 13.1 Å². The van der Waals surface area contributed by atoms with Crippen LogP contribution in [-0.2, 0) is 6.42 Å². The molecule has 0 unspecified atom stereocenters. The highest BCUT2D eigenvalue weighted by Gasteiger charge is 2.16. The van der Waals surface area contributed by atoms with E-state index in [-0.39, 0.29) is 0 Å². The Kier molecular flexibility index (Phi) is 6.28. The summed E-state index contributed by atoms with van der Waals surface area (Å²) in [7, 11) is 0. The standard InChI is InChI=1S/C16H27N/c1-4-17-14-13-16(2,3)12-8-11-15-9-6-5-7-10-15/h5-7,9-10,17H,4,8,11-14H2,1-3H3. The molecule has 1 nitrogen and oxygen atoms in total. The van der Waals surface area contributed by atoms with Crippen molar-refractivity contribution >= 4 is 0 Å². The van der Waals surface area contributed by atoms with Gasteiger partial charge in [0.2, 0.25) is 0 Å². The first kappa shape index (κ1) is 14.2. The van der Waals surface area contributed by atoms with Crippen molar-refractivity contribution in [2.45, 2.75) is 46.5 Å². The van der Waals surface area contributed by atoms with E-state index in [1.807, 2.05) is 0 Å². The van der Waals surface area contributed by atoms with Crippen molar-refractivity contribution in [3.63, 3.8) is 0 Å². The molecule has 0 spiro atoms. The summed E-state index contributed by atoms with van der Waals surface area (Å²) in [4.78, 5) is 0. The second-order valence-corrected chi connectivity index (χ2v) is 5.61. The summed E-state index contributed by atoms with van der Waals surface area (Å²) in [5, 5.41) is 3.41. The topological polar surface area (TPSA) is 12.0 Å². The van der Waals surface area contributed by atoms with Crippen LogP contribution in [0.4, 0.5) is 0 Å². The molecule has 0 atom stereocenters. The minimum atomic E-state index is 0.469. The first-order chi connectivity index (χ1) is 8.14. The molecule has 0 aliphatic heterocycles. The van der Waals surface area contributed by atoms with Crippen LogP contribution in [0.15, 0.2) is 30.3 Å². The molecule has 1 aromatic carbocycles. The Morgan fingerprint density at radius 2 is 1.76 bits per heavy atom. The van der Waals surface area contributed by atoms with Crippen molar-refractivity contribution in [1.29, 1.82) is 0 Å². The van der Waals surface area contributed by atoms with Crippen LogP contribution in [0.1, 0.15) is 45.6 Å². The highest BCUT2D eigenvalue weighted by Crippen LogP contribution is 2.26. The number of aryl methyl sites for hydroxylation is 1. The number of nitrogens with one attached hydrogen (secondary N) is 1. The lowest BCUT2D eigenvalue weighted by atomic mass is 9.83. The normalized spacial score (nSPS) is 11.7. The molecule has 0 aliphatic rings. The molecule has 0 aromatic heterocycles. The van der Waals surface area contributed by atoms with Crippen LogP contribution in [0.25, 0.3) is 0 Å². The van der Waals surface area contributed by atoms with Crippen molar-refractivity contribution < 1.29 is 0 Å². The first-order valence-electron chi connectivity index (χ1n) is 6.89. The van der Waals surface area contributed by atoms with Gasteiger partial charge in [0.25, 0.3) is 0 Å². The predicted octanol–water partition coefficient (Wildman–Crippen LogP) is 4.04. The monoisotopic (exact) mass is 233 g/mol. The minimum absolute atomic E-state index is 0.469. The number of hydrogen-bond donors (Lipinski definition) is 1. The Morgan fingerprint density at radius 1 is 1.06 bits per heavy atom. The molecular formula is C16H27N. The third kappa shape index (κ3) is 6.48. The van der Waals surface area contributed by atoms with Crippen LogP contribution >= 0.6 is 0 Å². The van der Waals surface area contributed by atoms with Crippen LogP contribution in [0.5, 0.6) is 0 Å². The van der Waals surface area contributed by atoms with Crippen LogP contribution in [0.3, 0.4) is 0 Å². The molecule has 96 valence electrons. The van der Waals surface area contributed by atoms with Gasteiger partial charge in [-0.25, -0.2) is 0 Å². The molecule has 1 heteroatoms. The van der Waals surface area contributed by atoms with E-state index < -0.39 is 0 Å². The molecule has 1 N–H and O–H groups in total.